The summed E-state index contributed by atoms with van der Waals surface area (Å²) in [4.78, 5) is 26.6. The Morgan fingerprint density at radius 1 is 1.00 bits per heavy atom. The summed E-state index contributed by atoms with van der Waals surface area (Å²) in [6, 6.07) is 12.3. The van der Waals surface area contributed by atoms with E-state index in [2.05, 4.69) is 40.1 Å². The quantitative estimate of drug-likeness (QED) is 0.465. The number of pyridine rings is 2. The van der Waals surface area contributed by atoms with E-state index < -0.39 is 0 Å². The van der Waals surface area contributed by atoms with Crippen molar-refractivity contribution < 1.29 is 0 Å². The number of aryl methyl sites for hydroxylation is 2. The van der Waals surface area contributed by atoms with Gasteiger partial charge < -0.3 is 4.40 Å². The Labute approximate surface area is 173 Å². The van der Waals surface area contributed by atoms with Gasteiger partial charge in [0.05, 0.1) is 29.5 Å². The van der Waals surface area contributed by atoms with Crippen molar-refractivity contribution in [2.45, 2.75) is 26.8 Å². The molecular formula is C24H21N5O. The second-order valence-electron chi connectivity index (χ2n) is 7.74. The Hall–Kier alpha value is -3.80. The van der Waals surface area contributed by atoms with Gasteiger partial charge in [-0.15, -0.1) is 0 Å². The van der Waals surface area contributed by atoms with Crippen molar-refractivity contribution in [2.75, 3.05) is 0 Å². The highest BCUT2D eigenvalue weighted by atomic mass is 16.1. The molecule has 0 aliphatic heterocycles. The van der Waals surface area contributed by atoms with Gasteiger partial charge in [-0.05, 0) is 31.0 Å². The summed E-state index contributed by atoms with van der Waals surface area (Å²) in [5, 5.41) is 0.530. The summed E-state index contributed by atoms with van der Waals surface area (Å²) < 4.78 is 3.57. The molecule has 0 atom stereocenters. The maximum Gasteiger partial charge on any atom is 0.263 e. The summed E-state index contributed by atoms with van der Waals surface area (Å²) in [7, 11) is 0. The lowest BCUT2D eigenvalue weighted by molar-refractivity contribution is 0.733. The second-order valence-corrected chi connectivity index (χ2v) is 7.74. The van der Waals surface area contributed by atoms with Crippen LogP contribution in [0.5, 0.6) is 0 Å². The minimum absolute atomic E-state index is 0.105. The van der Waals surface area contributed by atoms with Crippen LogP contribution in [0.3, 0.4) is 0 Å². The van der Waals surface area contributed by atoms with Crippen LogP contribution in [0.25, 0.3) is 16.6 Å². The van der Waals surface area contributed by atoms with Crippen molar-refractivity contribution in [2.24, 2.45) is 0 Å². The Morgan fingerprint density at radius 2 is 1.90 bits per heavy atom. The molecule has 0 saturated carbocycles. The smallest absolute Gasteiger partial charge is 0.263 e. The van der Waals surface area contributed by atoms with E-state index in [1.165, 1.54) is 11.1 Å². The second kappa shape index (κ2) is 7.22. The van der Waals surface area contributed by atoms with Gasteiger partial charge in [-0.3, -0.25) is 14.3 Å². The number of benzene rings is 1. The molecule has 0 aliphatic carbocycles. The van der Waals surface area contributed by atoms with Gasteiger partial charge >= 0.3 is 0 Å². The lowest BCUT2D eigenvalue weighted by atomic mass is 10.0. The summed E-state index contributed by atoms with van der Waals surface area (Å²) in [6.45, 7) is 4.48. The van der Waals surface area contributed by atoms with Crippen molar-refractivity contribution >= 4 is 16.6 Å². The minimum atomic E-state index is -0.105. The molecule has 1 aromatic carbocycles. The molecule has 4 aromatic heterocycles. The van der Waals surface area contributed by atoms with E-state index in [1.54, 1.807) is 23.3 Å². The van der Waals surface area contributed by atoms with Gasteiger partial charge in [0.2, 0.25) is 0 Å². The van der Waals surface area contributed by atoms with Crippen LogP contribution >= 0.6 is 0 Å². The first kappa shape index (κ1) is 18.2. The number of aromatic nitrogens is 5. The third kappa shape index (κ3) is 3.37. The van der Waals surface area contributed by atoms with Crippen molar-refractivity contribution in [1.29, 1.82) is 0 Å². The van der Waals surface area contributed by atoms with Crippen LogP contribution in [-0.4, -0.2) is 23.9 Å². The Kier molecular flexibility index (Phi) is 4.39. The summed E-state index contributed by atoms with van der Waals surface area (Å²) in [6.07, 6.45) is 9.67. The fourth-order valence-corrected chi connectivity index (χ4v) is 3.83. The fraction of sp³-hybridized carbons (Fsp3) is 0.167. The third-order valence-corrected chi connectivity index (χ3v) is 5.27. The molecule has 30 heavy (non-hydrogen) atoms. The summed E-state index contributed by atoms with van der Waals surface area (Å²) in [5.74, 6) is 0. The highest BCUT2D eigenvalue weighted by molar-refractivity contribution is 5.79. The number of hydrogen-bond donors (Lipinski definition) is 0. The van der Waals surface area contributed by atoms with Gasteiger partial charge in [-0.1, -0.05) is 35.9 Å². The maximum atomic E-state index is 13.1. The van der Waals surface area contributed by atoms with E-state index in [0.29, 0.717) is 23.9 Å². The van der Waals surface area contributed by atoms with Gasteiger partial charge in [0, 0.05) is 36.8 Å². The van der Waals surface area contributed by atoms with Crippen LogP contribution in [-0.2, 0) is 13.0 Å². The highest BCUT2D eigenvalue weighted by Crippen LogP contribution is 2.17. The van der Waals surface area contributed by atoms with Gasteiger partial charge in [-0.2, -0.15) is 0 Å². The number of fused-ring (bicyclic) bond motifs is 2. The molecule has 0 saturated heterocycles. The third-order valence-electron chi connectivity index (χ3n) is 5.27. The number of rotatable bonds is 4. The van der Waals surface area contributed by atoms with Gasteiger partial charge in [-0.25, -0.2) is 9.97 Å². The van der Waals surface area contributed by atoms with Crippen LogP contribution < -0.4 is 5.56 Å². The van der Waals surface area contributed by atoms with Crippen LogP contribution in [0.15, 0.2) is 72.3 Å². The normalized spacial score (nSPS) is 11.4. The predicted molar refractivity (Wildman–Crippen MR) is 117 cm³/mol. The summed E-state index contributed by atoms with van der Waals surface area (Å²) in [5.41, 5.74) is 6.76. The molecule has 4 heterocycles. The first-order valence-electron chi connectivity index (χ1n) is 9.88. The predicted octanol–water partition coefficient (Wildman–Crippen LogP) is 3.70. The van der Waals surface area contributed by atoms with Crippen molar-refractivity contribution in [3.63, 3.8) is 0 Å². The molecule has 6 heteroatoms. The molecule has 5 rings (SSSR count). The first-order valence-corrected chi connectivity index (χ1v) is 9.88. The first-order chi connectivity index (χ1) is 14.6. The van der Waals surface area contributed by atoms with E-state index >= 15 is 0 Å². The van der Waals surface area contributed by atoms with E-state index in [0.717, 1.165) is 22.5 Å². The van der Waals surface area contributed by atoms with Crippen LogP contribution in [0.4, 0.5) is 0 Å². The molecule has 0 radical (unpaired) electrons. The van der Waals surface area contributed by atoms with E-state index in [9.17, 15) is 4.79 Å². The number of imidazole rings is 1. The molecule has 0 N–H and O–H groups in total. The van der Waals surface area contributed by atoms with E-state index in [4.69, 9.17) is 0 Å². The highest BCUT2D eigenvalue weighted by Gasteiger charge is 2.11. The zero-order chi connectivity index (χ0) is 20.7. The van der Waals surface area contributed by atoms with Crippen LogP contribution in [0, 0.1) is 13.8 Å². The maximum absolute atomic E-state index is 13.1. The van der Waals surface area contributed by atoms with Crippen molar-refractivity contribution in [1.82, 2.24) is 23.9 Å². The molecule has 6 nitrogen and oxygen atoms in total. The van der Waals surface area contributed by atoms with Crippen LogP contribution in [0.1, 0.15) is 27.9 Å². The molecule has 148 valence electrons. The van der Waals surface area contributed by atoms with E-state index in [-0.39, 0.29) is 5.56 Å². The van der Waals surface area contributed by atoms with E-state index in [1.807, 2.05) is 41.9 Å². The molecule has 5 aromatic rings. The van der Waals surface area contributed by atoms with Crippen molar-refractivity contribution in [3.8, 4) is 0 Å². The molecule has 0 aliphatic rings. The molecule has 0 spiro atoms. The lowest BCUT2D eigenvalue weighted by Gasteiger charge is -2.08. The Balaban J connectivity index is 1.51. The number of hydrogen-bond acceptors (Lipinski definition) is 4. The molecule has 0 amide bonds. The molecule has 0 fully saturated rings. The Morgan fingerprint density at radius 3 is 2.77 bits per heavy atom. The van der Waals surface area contributed by atoms with Crippen LogP contribution in [0.2, 0.25) is 0 Å². The van der Waals surface area contributed by atoms with Gasteiger partial charge in [0.1, 0.15) is 5.65 Å². The standard InChI is InChI=1S/C24H21N5O/c1-16-4-3-5-18(8-16)9-19-10-25-11-21-23(19)26-15-29(24(21)30)14-20-13-28-12-17(2)6-7-22(28)27-20/h3-8,10-13,15H,9,14H2,1-2H3. The zero-order valence-electron chi connectivity index (χ0n) is 16.9. The number of nitrogens with zero attached hydrogens (tertiary/aromatic N) is 5. The molecular weight excluding hydrogens is 374 g/mol. The minimum Gasteiger partial charge on any atom is -0.306 e. The SMILES string of the molecule is Cc1cccc(Cc2cncc3c(=O)n(Cc4cn5cc(C)ccc5n4)cnc23)c1. The summed E-state index contributed by atoms with van der Waals surface area (Å²) >= 11 is 0. The van der Waals surface area contributed by atoms with Gasteiger partial charge in [0.25, 0.3) is 5.56 Å². The lowest BCUT2D eigenvalue weighted by Crippen LogP contribution is -2.22. The molecule has 0 unspecified atom stereocenters. The van der Waals surface area contributed by atoms with Gasteiger partial charge in [0.15, 0.2) is 0 Å². The largest absolute Gasteiger partial charge is 0.306 e. The monoisotopic (exact) mass is 395 g/mol. The van der Waals surface area contributed by atoms with Crippen molar-refractivity contribution in [3.05, 3.63) is 106 Å². The zero-order valence-corrected chi connectivity index (χ0v) is 16.9. The topological polar surface area (TPSA) is 65.1 Å². The fourth-order valence-electron chi connectivity index (χ4n) is 3.83. The molecule has 0 bridgehead atoms. The Bertz CT molecular complexity index is 1450. The average molecular weight is 395 g/mol. The average Bonchev–Trinajstić information content (AvgIpc) is 3.12.